The number of hydrogen-bond acceptors (Lipinski definition) is 3. The molecule has 2 saturated heterocycles. The number of aromatic nitrogens is 1. The largest absolute Gasteiger partial charge is 0.338 e. The van der Waals surface area contributed by atoms with E-state index in [9.17, 15) is 9.18 Å². The molecule has 1 amide bonds. The fourth-order valence-electron chi connectivity index (χ4n) is 4.61. The summed E-state index contributed by atoms with van der Waals surface area (Å²) < 4.78 is 14.0. The second-order valence-electron chi connectivity index (χ2n) is 7.21. The van der Waals surface area contributed by atoms with E-state index in [1.807, 2.05) is 11.0 Å². The van der Waals surface area contributed by atoms with Gasteiger partial charge in [0.25, 0.3) is 0 Å². The summed E-state index contributed by atoms with van der Waals surface area (Å²) in [7, 11) is 0. The molecule has 0 bridgehead atoms. The van der Waals surface area contributed by atoms with Gasteiger partial charge in [-0.2, -0.15) is 0 Å². The van der Waals surface area contributed by atoms with Gasteiger partial charge in [-0.3, -0.25) is 14.7 Å². The lowest BCUT2D eigenvalue weighted by Gasteiger charge is -2.34. The molecule has 0 unspecified atom stereocenters. The highest BCUT2D eigenvalue weighted by atomic mass is 19.1. The predicted octanol–water partition coefficient (Wildman–Crippen LogP) is 3.35. The van der Waals surface area contributed by atoms with Crippen molar-refractivity contribution in [3.05, 3.63) is 41.8 Å². The number of carbonyl (C=O) groups is 1. The van der Waals surface area contributed by atoms with Crippen LogP contribution in [0.2, 0.25) is 0 Å². The molecule has 2 aliphatic rings. The van der Waals surface area contributed by atoms with Crippen LogP contribution in [0.4, 0.5) is 4.39 Å². The Balaban J connectivity index is 1.60. The Morgan fingerprint density at radius 3 is 2.84 bits per heavy atom. The van der Waals surface area contributed by atoms with Crippen LogP contribution >= 0.6 is 0 Å². The second kappa shape index (κ2) is 6.71. The minimum Gasteiger partial charge on any atom is -0.338 e. The summed E-state index contributed by atoms with van der Waals surface area (Å²) in [4.78, 5) is 20.9. The molecule has 2 aromatic rings. The molecule has 1 aromatic heterocycles. The zero-order valence-corrected chi connectivity index (χ0v) is 14.6. The standard InChI is InChI=1S/C20H24FN3O/c1-14(25)24-12-4-7-19(24)18-6-3-11-23(18)13-15-8-9-17(21)16-5-2-10-22-20(15)16/h2,5,8-10,18-19H,3-4,6-7,11-13H2,1H3/t18-,19-/m0/s1. The van der Waals surface area contributed by atoms with Crippen LogP contribution in [0.5, 0.6) is 0 Å². The lowest BCUT2D eigenvalue weighted by Crippen LogP contribution is -2.47. The van der Waals surface area contributed by atoms with E-state index in [2.05, 4.69) is 9.88 Å². The van der Waals surface area contributed by atoms with E-state index in [0.29, 0.717) is 17.5 Å². The van der Waals surface area contributed by atoms with E-state index < -0.39 is 0 Å². The molecule has 5 heteroatoms. The predicted molar refractivity (Wildman–Crippen MR) is 95.5 cm³/mol. The number of carbonyl (C=O) groups excluding carboxylic acids is 1. The Labute approximate surface area is 147 Å². The summed E-state index contributed by atoms with van der Waals surface area (Å²) in [6.07, 6.45) is 6.18. The number of fused-ring (bicyclic) bond motifs is 1. The lowest BCUT2D eigenvalue weighted by molar-refractivity contribution is -0.130. The van der Waals surface area contributed by atoms with E-state index in [1.165, 1.54) is 0 Å². The van der Waals surface area contributed by atoms with Crippen molar-refractivity contribution < 1.29 is 9.18 Å². The first-order valence-corrected chi connectivity index (χ1v) is 9.18. The lowest BCUT2D eigenvalue weighted by atomic mass is 10.0. The van der Waals surface area contributed by atoms with Gasteiger partial charge in [-0.15, -0.1) is 0 Å². The summed E-state index contributed by atoms with van der Waals surface area (Å²) in [6, 6.07) is 7.68. The maximum atomic E-state index is 14.0. The minimum atomic E-state index is -0.219. The Hall–Kier alpha value is -2.01. The van der Waals surface area contributed by atoms with Crippen LogP contribution in [-0.4, -0.2) is 45.9 Å². The summed E-state index contributed by atoms with van der Waals surface area (Å²) >= 11 is 0. The van der Waals surface area contributed by atoms with Crippen LogP contribution in [0.15, 0.2) is 30.5 Å². The van der Waals surface area contributed by atoms with Crippen molar-refractivity contribution in [3.8, 4) is 0 Å². The van der Waals surface area contributed by atoms with Crippen molar-refractivity contribution in [1.29, 1.82) is 0 Å². The van der Waals surface area contributed by atoms with E-state index in [4.69, 9.17) is 0 Å². The molecule has 132 valence electrons. The molecule has 2 aliphatic heterocycles. The number of hydrogen-bond donors (Lipinski definition) is 0. The van der Waals surface area contributed by atoms with Gasteiger partial charge in [0.1, 0.15) is 5.82 Å². The van der Waals surface area contributed by atoms with Gasteiger partial charge < -0.3 is 4.90 Å². The van der Waals surface area contributed by atoms with Crippen LogP contribution in [0, 0.1) is 5.82 Å². The van der Waals surface area contributed by atoms with Crippen molar-refractivity contribution in [1.82, 2.24) is 14.8 Å². The summed E-state index contributed by atoms with van der Waals surface area (Å²) in [5, 5.41) is 0.585. The quantitative estimate of drug-likeness (QED) is 0.859. The van der Waals surface area contributed by atoms with E-state index in [0.717, 1.165) is 56.4 Å². The van der Waals surface area contributed by atoms with Gasteiger partial charge in [0.15, 0.2) is 0 Å². The van der Waals surface area contributed by atoms with Gasteiger partial charge in [0, 0.05) is 43.7 Å². The summed E-state index contributed by atoms with van der Waals surface area (Å²) in [5.41, 5.74) is 1.82. The topological polar surface area (TPSA) is 36.4 Å². The average molecular weight is 341 g/mol. The Kier molecular flexibility index (Phi) is 4.42. The smallest absolute Gasteiger partial charge is 0.219 e. The van der Waals surface area contributed by atoms with Gasteiger partial charge in [0.2, 0.25) is 5.91 Å². The zero-order chi connectivity index (χ0) is 17.4. The number of rotatable bonds is 3. The number of likely N-dealkylation sites (tertiary alicyclic amines) is 2. The van der Waals surface area contributed by atoms with E-state index in [1.54, 1.807) is 31.3 Å². The van der Waals surface area contributed by atoms with Gasteiger partial charge >= 0.3 is 0 Å². The Morgan fingerprint density at radius 2 is 2.00 bits per heavy atom. The third-order valence-corrected chi connectivity index (χ3v) is 5.74. The average Bonchev–Trinajstić information content (AvgIpc) is 3.26. The Morgan fingerprint density at radius 1 is 1.20 bits per heavy atom. The van der Waals surface area contributed by atoms with Crippen molar-refractivity contribution in [3.63, 3.8) is 0 Å². The fourth-order valence-corrected chi connectivity index (χ4v) is 4.61. The molecule has 25 heavy (non-hydrogen) atoms. The molecule has 0 radical (unpaired) electrons. The first-order valence-electron chi connectivity index (χ1n) is 9.18. The molecular formula is C20H24FN3O. The summed E-state index contributed by atoms with van der Waals surface area (Å²) in [5.74, 6) is -0.0355. The third kappa shape index (κ3) is 3.01. The van der Waals surface area contributed by atoms with Crippen LogP contribution < -0.4 is 0 Å². The zero-order valence-electron chi connectivity index (χ0n) is 14.6. The molecule has 0 N–H and O–H groups in total. The van der Waals surface area contributed by atoms with Gasteiger partial charge in [-0.25, -0.2) is 4.39 Å². The number of nitrogens with zero attached hydrogens (tertiary/aromatic N) is 3. The first-order chi connectivity index (χ1) is 12.1. The normalized spacial score (nSPS) is 24.3. The monoisotopic (exact) mass is 341 g/mol. The van der Waals surface area contributed by atoms with Gasteiger partial charge in [-0.1, -0.05) is 6.07 Å². The maximum absolute atomic E-state index is 14.0. The highest BCUT2D eigenvalue weighted by Crippen LogP contribution is 2.32. The second-order valence-corrected chi connectivity index (χ2v) is 7.21. The fraction of sp³-hybridized carbons (Fsp3) is 0.500. The molecule has 2 fully saturated rings. The van der Waals surface area contributed by atoms with Crippen LogP contribution in [0.1, 0.15) is 38.2 Å². The van der Waals surface area contributed by atoms with Crippen LogP contribution in [-0.2, 0) is 11.3 Å². The van der Waals surface area contributed by atoms with Gasteiger partial charge in [0.05, 0.1) is 5.52 Å². The maximum Gasteiger partial charge on any atom is 0.219 e. The van der Waals surface area contributed by atoms with Crippen LogP contribution in [0.25, 0.3) is 10.9 Å². The van der Waals surface area contributed by atoms with E-state index in [-0.39, 0.29) is 11.7 Å². The van der Waals surface area contributed by atoms with Crippen molar-refractivity contribution in [2.24, 2.45) is 0 Å². The highest BCUT2D eigenvalue weighted by molar-refractivity contribution is 5.82. The molecule has 1 aromatic carbocycles. The number of pyridine rings is 1. The van der Waals surface area contributed by atoms with Crippen LogP contribution in [0.3, 0.4) is 0 Å². The molecule has 4 nitrogen and oxygen atoms in total. The first kappa shape index (κ1) is 16.5. The molecule has 4 rings (SSSR count). The van der Waals surface area contributed by atoms with Crippen molar-refractivity contribution >= 4 is 16.8 Å². The SMILES string of the molecule is CC(=O)N1CCC[C@H]1[C@@H]1CCCN1Cc1ccc(F)c2cccnc12. The third-order valence-electron chi connectivity index (χ3n) is 5.74. The number of amides is 1. The summed E-state index contributed by atoms with van der Waals surface area (Å²) in [6.45, 7) is 4.35. The molecule has 3 heterocycles. The number of benzene rings is 1. The van der Waals surface area contributed by atoms with Crippen molar-refractivity contribution in [2.45, 2.75) is 51.2 Å². The number of halogens is 1. The van der Waals surface area contributed by atoms with E-state index >= 15 is 0 Å². The molecule has 2 atom stereocenters. The van der Waals surface area contributed by atoms with Crippen molar-refractivity contribution in [2.75, 3.05) is 13.1 Å². The highest BCUT2D eigenvalue weighted by Gasteiger charge is 2.38. The molecular weight excluding hydrogens is 317 g/mol. The minimum absolute atomic E-state index is 0.184. The molecule has 0 saturated carbocycles. The molecule has 0 spiro atoms. The molecule has 0 aliphatic carbocycles. The Bertz CT molecular complexity index is 794. The van der Waals surface area contributed by atoms with Gasteiger partial charge in [-0.05, 0) is 56.0 Å².